The van der Waals surface area contributed by atoms with E-state index in [1.165, 1.54) is 6.07 Å². The van der Waals surface area contributed by atoms with Gasteiger partial charge in [0.05, 0.1) is 0 Å². The Hall–Kier alpha value is -2.83. The molecular weight excluding hydrogens is 352 g/mol. The number of hydrogen-bond donors (Lipinski definition) is 2. The maximum Gasteiger partial charge on any atom is 0.317 e. The molecule has 2 amide bonds. The molecule has 7 heteroatoms. The third-order valence-electron chi connectivity index (χ3n) is 4.80. The Morgan fingerprint density at radius 3 is 2.67 bits per heavy atom. The van der Waals surface area contributed by atoms with Gasteiger partial charge in [0.15, 0.2) is 11.6 Å². The van der Waals surface area contributed by atoms with Crippen LogP contribution in [-0.2, 0) is 6.54 Å². The zero-order valence-corrected chi connectivity index (χ0v) is 15.2. The summed E-state index contributed by atoms with van der Waals surface area (Å²) >= 11 is 0. The summed E-state index contributed by atoms with van der Waals surface area (Å²) in [6.07, 6.45) is 0.876. The lowest BCUT2D eigenvalue weighted by atomic mass is 10.1. The van der Waals surface area contributed by atoms with Crippen molar-refractivity contribution in [2.45, 2.75) is 13.0 Å². The Balaban J connectivity index is 1.46. The first-order valence-corrected chi connectivity index (χ1v) is 8.89. The molecule has 1 saturated heterocycles. The molecule has 0 radical (unpaired) electrons. The van der Waals surface area contributed by atoms with E-state index in [1.54, 1.807) is 42.3 Å². The fourth-order valence-electron chi connectivity index (χ4n) is 3.23. The Morgan fingerprint density at radius 1 is 1.22 bits per heavy atom. The van der Waals surface area contributed by atoms with Crippen LogP contribution in [0.2, 0.25) is 0 Å². The van der Waals surface area contributed by atoms with Gasteiger partial charge in [0.25, 0.3) is 0 Å². The Bertz CT molecular complexity index is 798. The van der Waals surface area contributed by atoms with Crippen LogP contribution >= 0.6 is 0 Å². The first-order chi connectivity index (χ1) is 12.9. The predicted octanol–water partition coefficient (Wildman–Crippen LogP) is 3.34. The third kappa shape index (κ3) is 4.87. The number of nitrogens with one attached hydrogen (secondary N) is 1. The van der Waals surface area contributed by atoms with E-state index in [9.17, 15) is 18.7 Å². The monoisotopic (exact) mass is 375 g/mol. The molecule has 1 atom stereocenters. The molecule has 5 nitrogen and oxygen atoms in total. The number of benzene rings is 2. The number of urea groups is 1. The molecule has 0 aromatic heterocycles. The van der Waals surface area contributed by atoms with Crippen molar-refractivity contribution in [3.05, 3.63) is 59.7 Å². The third-order valence-corrected chi connectivity index (χ3v) is 4.80. The molecule has 27 heavy (non-hydrogen) atoms. The highest BCUT2D eigenvalue weighted by molar-refractivity contribution is 5.73. The lowest BCUT2D eigenvalue weighted by Gasteiger charge is -2.21. The van der Waals surface area contributed by atoms with Gasteiger partial charge in [0.2, 0.25) is 0 Å². The number of halogens is 2. The minimum Gasteiger partial charge on any atom is -0.508 e. The van der Waals surface area contributed by atoms with Crippen molar-refractivity contribution in [1.82, 2.24) is 10.2 Å². The highest BCUT2D eigenvalue weighted by Crippen LogP contribution is 2.25. The number of anilines is 1. The number of carbonyl (C=O) groups excluding carboxylic acids is 1. The van der Waals surface area contributed by atoms with E-state index in [0.717, 1.165) is 24.6 Å². The molecule has 2 aromatic rings. The largest absolute Gasteiger partial charge is 0.508 e. The van der Waals surface area contributed by atoms with Gasteiger partial charge in [-0.2, -0.15) is 0 Å². The van der Waals surface area contributed by atoms with Crippen molar-refractivity contribution in [1.29, 1.82) is 0 Å². The number of rotatable bonds is 5. The normalized spacial score (nSPS) is 16.4. The summed E-state index contributed by atoms with van der Waals surface area (Å²) in [5.41, 5.74) is 1.59. The molecule has 2 N–H and O–H groups in total. The van der Waals surface area contributed by atoms with Gasteiger partial charge in [-0.05, 0) is 42.2 Å². The van der Waals surface area contributed by atoms with E-state index in [2.05, 4.69) is 5.32 Å². The molecule has 0 saturated carbocycles. The van der Waals surface area contributed by atoms with Gasteiger partial charge in [-0.1, -0.05) is 12.1 Å². The fraction of sp³-hybridized carbons (Fsp3) is 0.350. The standard InChI is InChI=1S/C20H23F2N3O2/c1-24(12-14-2-5-17(26)6-3-14)20(27)23-11-15-8-9-25(13-15)16-4-7-18(21)19(22)10-16/h2-7,10,15,26H,8-9,11-13H2,1H3,(H,23,27). The first kappa shape index (κ1) is 18.9. The molecule has 1 aliphatic rings. The van der Waals surface area contributed by atoms with Crippen LogP contribution in [0.4, 0.5) is 19.3 Å². The molecule has 1 unspecified atom stereocenters. The van der Waals surface area contributed by atoms with Gasteiger partial charge in [0.1, 0.15) is 5.75 Å². The van der Waals surface area contributed by atoms with Gasteiger partial charge in [0, 0.05) is 45.0 Å². The van der Waals surface area contributed by atoms with E-state index in [-0.39, 0.29) is 17.7 Å². The van der Waals surface area contributed by atoms with E-state index in [1.807, 2.05) is 4.90 Å². The van der Waals surface area contributed by atoms with E-state index >= 15 is 0 Å². The van der Waals surface area contributed by atoms with E-state index < -0.39 is 11.6 Å². The van der Waals surface area contributed by atoms with Crippen molar-refractivity contribution < 1.29 is 18.7 Å². The highest BCUT2D eigenvalue weighted by atomic mass is 19.2. The smallest absolute Gasteiger partial charge is 0.317 e. The summed E-state index contributed by atoms with van der Waals surface area (Å²) in [4.78, 5) is 15.8. The molecule has 2 aromatic carbocycles. The Morgan fingerprint density at radius 2 is 1.96 bits per heavy atom. The first-order valence-electron chi connectivity index (χ1n) is 8.89. The molecule has 144 valence electrons. The van der Waals surface area contributed by atoms with Crippen LogP contribution in [0.25, 0.3) is 0 Å². The second-order valence-electron chi connectivity index (χ2n) is 6.91. The molecule has 1 fully saturated rings. The van der Waals surface area contributed by atoms with Gasteiger partial charge in [-0.3, -0.25) is 0 Å². The molecule has 3 rings (SSSR count). The minimum absolute atomic E-state index is 0.172. The zero-order valence-electron chi connectivity index (χ0n) is 15.2. The van der Waals surface area contributed by atoms with Gasteiger partial charge in [-0.15, -0.1) is 0 Å². The molecule has 1 aliphatic heterocycles. The van der Waals surface area contributed by atoms with E-state index in [4.69, 9.17) is 0 Å². The Kier molecular flexibility index (Phi) is 5.78. The summed E-state index contributed by atoms with van der Waals surface area (Å²) in [6.45, 7) is 2.40. The van der Waals surface area contributed by atoms with E-state index in [0.29, 0.717) is 25.3 Å². The lowest BCUT2D eigenvalue weighted by molar-refractivity contribution is 0.205. The second kappa shape index (κ2) is 8.24. The molecule has 1 heterocycles. The summed E-state index contributed by atoms with van der Waals surface area (Å²) < 4.78 is 26.5. The zero-order chi connectivity index (χ0) is 19.4. The van der Waals surface area contributed by atoms with Crippen LogP contribution in [0.5, 0.6) is 5.75 Å². The van der Waals surface area contributed by atoms with Crippen LogP contribution in [0, 0.1) is 17.6 Å². The number of aromatic hydroxyl groups is 1. The number of carbonyl (C=O) groups is 1. The van der Waals surface area contributed by atoms with Gasteiger partial charge >= 0.3 is 6.03 Å². The number of phenolic OH excluding ortho intramolecular Hbond substituents is 1. The SMILES string of the molecule is CN(Cc1ccc(O)cc1)C(=O)NCC1CCN(c2ccc(F)c(F)c2)C1. The van der Waals surface area contributed by atoms with Crippen LogP contribution in [0.1, 0.15) is 12.0 Å². The van der Waals surface area contributed by atoms with Crippen molar-refractivity contribution in [2.24, 2.45) is 5.92 Å². The average Bonchev–Trinajstić information content (AvgIpc) is 3.13. The molecule has 0 aliphatic carbocycles. The number of hydrogen-bond acceptors (Lipinski definition) is 3. The predicted molar refractivity (Wildman–Crippen MR) is 99.7 cm³/mol. The summed E-state index contributed by atoms with van der Waals surface area (Å²) in [7, 11) is 1.71. The highest BCUT2D eigenvalue weighted by Gasteiger charge is 2.24. The maximum absolute atomic E-state index is 13.4. The fourth-order valence-corrected chi connectivity index (χ4v) is 3.23. The van der Waals surface area contributed by atoms with Crippen LogP contribution in [0.3, 0.4) is 0 Å². The topological polar surface area (TPSA) is 55.8 Å². The minimum atomic E-state index is -0.849. The van der Waals surface area contributed by atoms with Crippen molar-refractivity contribution in [2.75, 3.05) is 31.6 Å². The van der Waals surface area contributed by atoms with Crippen LogP contribution in [-0.4, -0.2) is 42.7 Å². The maximum atomic E-state index is 13.4. The average molecular weight is 375 g/mol. The van der Waals surface area contributed by atoms with Gasteiger partial charge < -0.3 is 20.2 Å². The van der Waals surface area contributed by atoms with Crippen LogP contribution < -0.4 is 10.2 Å². The van der Waals surface area contributed by atoms with Gasteiger partial charge in [-0.25, -0.2) is 13.6 Å². The number of phenols is 1. The number of amides is 2. The van der Waals surface area contributed by atoms with Crippen molar-refractivity contribution in [3.8, 4) is 5.75 Å². The second-order valence-corrected chi connectivity index (χ2v) is 6.91. The molecule has 0 bridgehead atoms. The summed E-state index contributed by atoms with van der Waals surface area (Å²) in [5, 5.41) is 12.2. The number of nitrogens with zero attached hydrogens (tertiary/aromatic N) is 2. The summed E-state index contributed by atoms with van der Waals surface area (Å²) in [5.74, 6) is -1.25. The lowest BCUT2D eigenvalue weighted by Crippen LogP contribution is -2.39. The molecular formula is C20H23F2N3O2. The summed E-state index contributed by atoms with van der Waals surface area (Å²) in [6, 6.07) is 10.5. The van der Waals surface area contributed by atoms with Crippen molar-refractivity contribution >= 4 is 11.7 Å². The van der Waals surface area contributed by atoms with Crippen molar-refractivity contribution in [3.63, 3.8) is 0 Å². The van der Waals surface area contributed by atoms with Crippen LogP contribution in [0.15, 0.2) is 42.5 Å². The quantitative estimate of drug-likeness (QED) is 0.843. The Labute approximate surface area is 157 Å². The molecule has 0 spiro atoms.